The van der Waals surface area contributed by atoms with Crippen molar-refractivity contribution in [3.63, 3.8) is 0 Å². The number of carbonyl (C=O) groups excluding carboxylic acids is 3. The predicted octanol–water partition coefficient (Wildman–Crippen LogP) is 1.84. The summed E-state index contributed by atoms with van der Waals surface area (Å²) in [5.41, 5.74) is -0.516. The molecule has 30 heavy (non-hydrogen) atoms. The van der Waals surface area contributed by atoms with Crippen molar-refractivity contribution in [1.82, 2.24) is 9.80 Å². The summed E-state index contributed by atoms with van der Waals surface area (Å²) in [6.07, 6.45) is -1.17. The maximum atomic E-state index is 14.7. The van der Waals surface area contributed by atoms with E-state index in [9.17, 15) is 23.9 Å². The molecule has 0 saturated carbocycles. The molecule has 0 spiro atoms. The van der Waals surface area contributed by atoms with E-state index >= 15 is 0 Å². The lowest BCUT2D eigenvalue weighted by Gasteiger charge is -2.35. The fourth-order valence-corrected chi connectivity index (χ4v) is 3.33. The molecule has 2 aliphatic rings. The maximum Gasteiger partial charge on any atom is 0.414 e. The number of nitrogens with zero attached hydrogens (tertiary/aromatic N) is 3. The highest BCUT2D eigenvalue weighted by atomic mass is 19.1. The summed E-state index contributed by atoms with van der Waals surface area (Å²) in [7, 11) is 0. The minimum absolute atomic E-state index is 0.0304. The molecule has 1 aromatic carbocycles. The average molecular weight is 423 g/mol. The summed E-state index contributed by atoms with van der Waals surface area (Å²) in [5, 5.41) is 9.35. The van der Waals surface area contributed by atoms with Crippen molar-refractivity contribution in [1.29, 1.82) is 0 Å². The van der Waals surface area contributed by atoms with Crippen molar-refractivity contribution in [2.45, 2.75) is 32.4 Å². The Bertz CT molecular complexity index is 832. The Labute approximate surface area is 173 Å². The second-order valence-corrected chi connectivity index (χ2v) is 8.21. The minimum Gasteiger partial charge on any atom is -0.447 e. The number of carbonyl (C=O) groups is 3. The van der Waals surface area contributed by atoms with E-state index in [2.05, 4.69) is 0 Å². The van der Waals surface area contributed by atoms with Gasteiger partial charge in [0.05, 0.1) is 18.3 Å². The van der Waals surface area contributed by atoms with Gasteiger partial charge < -0.3 is 24.4 Å². The van der Waals surface area contributed by atoms with Crippen LogP contribution in [-0.4, -0.2) is 84.0 Å². The van der Waals surface area contributed by atoms with E-state index in [1.54, 1.807) is 20.8 Å². The zero-order valence-corrected chi connectivity index (χ0v) is 17.3. The first-order valence-corrected chi connectivity index (χ1v) is 9.74. The van der Waals surface area contributed by atoms with E-state index in [0.29, 0.717) is 26.2 Å². The van der Waals surface area contributed by atoms with Gasteiger partial charge in [0.15, 0.2) is 0 Å². The molecule has 1 N–H and O–H groups in total. The molecule has 1 aromatic rings. The van der Waals surface area contributed by atoms with Gasteiger partial charge in [-0.15, -0.1) is 0 Å². The van der Waals surface area contributed by atoms with Crippen LogP contribution in [-0.2, 0) is 9.47 Å². The molecule has 0 aromatic heterocycles. The SMILES string of the molecule is CC(C)(C)OC(=O)N1CCN(C(=O)c2ccc(N3C(=O)OCC3CO)c(F)c2)CC1. The van der Waals surface area contributed by atoms with E-state index < -0.39 is 29.6 Å². The Hall–Kier alpha value is -2.88. The molecule has 3 amide bonds. The molecule has 2 aliphatic heterocycles. The standard InChI is InChI=1S/C20H26FN3O6/c1-20(2,3)30-18(27)23-8-6-22(7-9-23)17(26)13-4-5-16(15(21)10-13)24-14(11-25)12-29-19(24)28/h4-5,10,14,25H,6-9,11-12H2,1-3H3. The molecule has 0 bridgehead atoms. The molecular formula is C20H26FN3O6. The molecule has 2 saturated heterocycles. The van der Waals surface area contributed by atoms with Gasteiger partial charge in [-0.3, -0.25) is 9.69 Å². The smallest absolute Gasteiger partial charge is 0.414 e. The van der Waals surface area contributed by atoms with Crippen molar-refractivity contribution in [3.05, 3.63) is 29.6 Å². The lowest BCUT2D eigenvalue weighted by Crippen LogP contribution is -2.51. The third-order valence-electron chi connectivity index (χ3n) is 4.84. The number of halogens is 1. The Kier molecular flexibility index (Phi) is 6.16. The minimum atomic E-state index is -0.759. The highest BCUT2D eigenvalue weighted by Gasteiger charge is 2.36. The van der Waals surface area contributed by atoms with Crippen LogP contribution in [0.1, 0.15) is 31.1 Å². The summed E-state index contributed by atoms with van der Waals surface area (Å²) >= 11 is 0. The van der Waals surface area contributed by atoms with Crippen LogP contribution < -0.4 is 4.90 Å². The summed E-state index contributed by atoms with van der Waals surface area (Å²) in [5.74, 6) is -1.13. The second kappa shape index (κ2) is 8.47. The molecule has 164 valence electrons. The number of hydrogen-bond acceptors (Lipinski definition) is 6. The number of cyclic esters (lactones) is 1. The van der Waals surface area contributed by atoms with Crippen LogP contribution in [0, 0.1) is 5.82 Å². The van der Waals surface area contributed by atoms with Gasteiger partial charge in [-0.05, 0) is 39.0 Å². The Balaban J connectivity index is 1.65. The fraction of sp³-hybridized carbons (Fsp3) is 0.550. The van der Waals surface area contributed by atoms with Gasteiger partial charge in [0, 0.05) is 31.7 Å². The first-order chi connectivity index (χ1) is 14.1. The number of piperazine rings is 1. The molecule has 9 nitrogen and oxygen atoms in total. The van der Waals surface area contributed by atoms with Crippen LogP contribution in [0.4, 0.5) is 19.7 Å². The summed E-state index contributed by atoms with van der Waals surface area (Å²) in [6.45, 7) is 6.19. The number of rotatable bonds is 3. The molecule has 3 rings (SSSR count). The zero-order chi connectivity index (χ0) is 22.1. The van der Waals surface area contributed by atoms with E-state index in [4.69, 9.17) is 9.47 Å². The van der Waals surface area contributed by atoms with Gasteiger partial charge in [0.25, 0.3) is 5.91 Å². The predicted molar refractivity (Wildman–Crippen MR) is 105 cm³/mol. The van der Waals surface area contributed by atoms with Crippen LogP contribution in [0.2, 0.25) is 0 Å². The summed E-state index contributed by atoms with van der Waals surface area (Å²) < 4.78 is 24.9. The maximum absolute atomic E-state index is 14.7. The van der Waals surface area contributed by atoms with Crippen molar-refractivity contribution >= 4 is 23.8 Å². The van der Waals surface area contributed by atoms with Gasteiger partial charge in [-0.1, -0.05) is 0 Å². The van der Waals surface area contributed by atoms with Gasteiger partial charge in [-0.25, -0.2) is 14.0 Å². The van der Waals surface area contributed by atoms with E-state index in [-0.39, 0.29) is 30.4 Å². The Morgan fingerprint density at radius 3 is 2.40 bits per heavy atom. The van der Waals surface area contributed by atoms with Crippen molar-refractivity contribution in [2.24, 2.45) is 0 Å². The van der Waals surface area contributed by atoms with Crippen LogP contribution in [0.5, 0.6) is 0 Å². The topological polar surface area (TPSA) is 99.6 Å². The summed E-state index contributed by atoms with van der Waals surface area (Å²) in [4.78, 5) is 40.9. The lowest BCUT2D eigenvalue weighted by atomic mass is 10.1. The van der Waals surface area contributed by atoms with Crippen molar-refractivity contribution < 1.29 is 33.4 Å². The molecule has 1 atom stereocenters. The number of aliphatic hydroxyl groups is 1. The average Bonchev–Trinajstić information content (AvgIpc) is 3.06. The first-order valence-electron chi connectivity index (χ1n) is 9.74. The highest BCUT2D eigenvalue weighted by Crippen LogP contribution is 2.27. The van der Waals surface area contributed by atoms with Gasteiger partial charge in [-0.2, -0.15) is 0 Å². The van der Waals surface area contributed by atoms with E-state index in [1.807, 2.05) is 0 Å². The highest BCUT2D eigenvalue weighted by molar-refractivity contribution is 5.96. The van der Waals surface area contributed by atoms with Crippen molar-refractivity contribution in [3.8, 4) is 0 Å². The van der Waals surface area contributed by atoms with Gasteiger partial charge >= 0.3 is 12.2 Å². The molecule has 1 unspecified atom stereocenters. The number of benzene rings is 1. The van der Waals surface area contributed by atoms with Crippen LogP contribution in [0.15, 0.2) is 18.2 Å². The van der Waals surface area contributed by atoms with E-state index in [1.165, 1.54) is 21.9 Å². The number of hydrogen-bond donors (Lipinski definition) is 1. The van der Waals surface area contributed by atoms with Gasteiger partial charge in [0.2, 0.25) is 0 Å². The number of anilines is 1. The molecular weight excluding hydrogens is 397 g/mol. The van der Waals surface area contributed by atoms with Crippen molar-refractivity contribution in [2.75, 3.05) is 44.3 Å². The van der Waals surface area contributed by atoms with Gasteiger partial charge in [0.1, 0.15) is 18.0 Å². The Morgan fingerprint density at radius 2 is 1.83 bits per heavy atom. The summed E-state index contributed by atoms with van der Waals surface area (Å²) in [6, 6.07) is 3.16. The number of aliphatic hydroxyl groups excluding tert-OH is 1. The second-order valence-electron chi connectivity index (χ2n) is 8.21. The monoisotopic (exact) mass is 423 g/mol. The third-order valence-corrected chi connectivity index (χ3v) is 4.84. The third kappa shape index (κ3) is 4.64. The molecule has 0 radical (unpaired) electrons. The molecule has 0 aliphatic carbocycles. The van der Waals surface area contributed by atoms with Crippen LogP contribution in [0.3, 0.4) is 0 Å². The van der Waals surface area contributed by atoms with Crippen LogP contribution >= 0.6 is 0 Å². The molecule has 2 fully saturated rings. The van der Waals surface area contributed by atoms with Crippen LogP contribution in [0.25, 0.3) is 0 Å². The Morgan fingerprint density at radius 1 is 1.20 bits per heavy atom. The largest absolute Gasteiger partial charge is 0.447 e. The molecule has 2 heterocycles. The quantitative estimate of drug-likeness (QED) is 0.796. The lowest BCUT2D eigenvalue weighted by molar-refractivity contribution is 0.0141. The number of amides is 3. The van der Waals surface area contributed by atoms with E-state index in [0.717, 1.165) is 11.0 Å². The zero-order valence-electron chi connectivity index (χ0n) is 17.3. The first kappa shape index (κ1) is 21.8. The normalized spacial score (nSPS) is 19.7. The number of ether oxygens (including phenoxy) is 2. The fourth-order valence-electron chi connectivity index (χ4n) is 3.33. The molecule has 10 heteroatoms.